The van der Waals surface area contributed by atoms with Crippen LogP contribution in [0.5, 0.6) is 0 Å². The molecule has 0 saturated carbocycles. The molecule has 0 fully saturated rings. The third kappa shape index (κ3) is 2.34. The van der Waals surface area contributed by atoms with Crippen molar-refractivity contribution in [1.29, 1.82) is 5.53 Å². The molecule has 0 aliphatic carbocycles. The van der Waals surface area contributed by atoms with Crippen LogP contribution in [0.25, 0.3) is 10.9 Å². The second kappa shape index (κ2) is 5.24. The van der Waals surface area contributed by atoms with E-state index in [0.717, 1.165) is 33.7 Å². The average molecular weight is 303 g/mol. The highest BCUT2D eigenvalue weighted by atomic mass is 15.5. The fourth-order valence-electron chi connectivity index (χ4n) is 2.58. The van der Waals surface area contributed by atoms with Crippen molar-refractivity contribution in [3.8, 4) is 0 Å². The van der Waals surface area contributed by atoms with Gasteiger partial charge in [0, 0.05) is 17.1 Å². The number of rotatable bonds is 3. The van der Waals surface area contributed by atoms with Gasteiger partial charge in [-0.3, -0.25) is 4.98 Å². The Morgan fingerprint density at radius 1 is 1.26 bits per heavy atom. The minimum Gasteiger partial charge on any atom is -0.256 e. The van der Waals surface area contributed by atoms with Gasteiger partial charge in [0.15, 0.2) is 11.4 Å². The zero-order valence-corrected chi connectivity index (χ0v) is 12.6. The minimum atomic E-state index is -0.227. The number of nitrogens with zero attached hydrogens (tertiary/aromatic N) is 4. The number of benzene rings is 1. The van der Waals surface area contributed by atoms with Crippen molar-refractivity contribution in [3.05, 3.63) is 59.9 Å². The molecule has 0 spiro atoms. The average Bonchev–Trinajstić information content (AvgIpc) is 2.59. The number of anilines is 1. The number of hydrazone groups is 1. The summed E-state index contributed by atoms with van der Waals surface area (Å²) in [5, 5.41) is 4.63. The SMILES string of the molecule is CC(N=N)c1ccc2c(n1)[N+](=Cc1ccc3ncccc3c1)N2. The largest absolute Gasteiger partial charge is 0.373 e. The van der Waals surface area contributed by atoms with Gasteiger partial charge >= 0.3 is 5.82 Å². The molecule has 1 atom stereocenters. The fraction of sp³-hybridized carbons (Fsp3) is 0.118. The van der Waals surface area contributed by atoms with Gasteiger partial charge in [-0.15, -0.1) is 4.68 Å². The maximum Gasteiger partial charge on any atom is 0.373 e. The van der Waals surface area contributed by atoms with E-state index in [9.17, 15) is 0 Å². The molecule has 1 unspecified atom stereocenters. The van der Waals surface area contributed by atoms with Gasteiger partial charge in [0.1, 0.15) is 12.3 Å². The number of hydrogen-bond acceptors (Lipinski definition) is 5. The molecule has 0 bridgehead atoms. The Kier molecular flexibility index (Phi) is 3.08. The van der Waals surface area contributed by atoms with Gasteiger partial charge in [0.2, 0.25) is 0 Å². The molecule has 6 nitrogen and oxygen atoms in total. The van der Waals surface area contributed by atoms with Gasteiger partial charge < -0.3 is 0 Å². The standard InChI is InChI=1S/C17H15N6/c1-11(21-18)14-6-7-16-17(20-14)23(22-16)10-12-4-5-15-13(9-12)3-2-8-19-15/h2-11,18,22H,1H3/q+1. The molecule has 0 radical (unpaired) electrons. The summed E-state index contributed by atoms with van der Waals surface area (Å²) in [7, 11) is 0. The van der Waals surface area contributed by atoms with Crippen molar-refractivity contribution in [1.82, 2.24) is 9.97 Å². The molecule has 2 N–H and O–H groups in total. The topological polar surface area (TPSA) is 77.0 Å². The van der Waals surface area contributed by atoms with Gasteiger partial charge in [0.05, 0.1) is 5.52 Å². The van der Waals surface area contributed by atoms with Crippen LogP contribution in [-0.2, 0) is 0 Å². The molecule has 1 aliphatic heterocycles. The summed E-state index contributed by atoms with van der Waals surface area (Å²) in [6.45, 7) is 1.86. The molecular formula is C17H15N6+. The predicted octanol–water partition coefficient (Wildman–Crippen LogP) is 3.83. The number of pyridine rings is 2. The van der Waals surface area contributed by atoms with Crippen LogP contribution in [0.3, 0.4) is 0 Å². The number of aromatic nitrogens is 2. The third-order valence-corrected chi connectivity index (χ3v) is 3.89. The molecule has 1 aliphatic rings. The molecule has 1 aromatic carbocycles. The van der Waals surface area contributed by atoms with Crippen LogP contribution in [0, 0.1) is 5.53 Å². The monoisotopic (exact) mass is 303 g/mol. The van der Waals surface area contributed by atoms with Crippen LogP contribution < -0.4 is 5.43 Å². The molecule has 0 saturated heterocycles. The summed E-state index contributed by atoms with van der Waals surface area (Å²) in [5.74, 6) is 0.851. The summed E-state index contributed by atoms with van der Waals surface area (Å²) < 4.78 is 1.88. The van der Waals surface area contributed by atoms with Gasteiger partial charge in [-0.1, -0.05) is 6.07 Å². The Hall–Kier alpha value is -3.15. The van der Waals surface area contributed by atoms with E-state index >= 15 is 0 Å². The van der Waals surface area contributed by atoms with Crippen molar-refractivity contribution in [2.24, 2.45) is 5.11 Å². The summed E-state index contributed by atoms with van der Waals surface area (Å²) >= 11 is 0. The summed E-state index contributed by atoms with van der Waals surface area (Å²) in [5.41, 5.74) is 14.2. The summed E-state index contributed by atoms with van der Waals surface area (Å²) in [4.78, 5) is 8.90. The number of hydrazine groups is 1. The first kappa shape index (κ1) is 13.5. The molecular weight excluding hydrogens is 288 g/mol. The summed E-state index contributed by atoms with van der Waals surface area (Å²) in [6.07, 6.45) is 3.79. The van der Waals surface area contributed by atoms with Crippen LogP contribution in [0.4, 0.5) is 11.5 Å². The van der Waals surface area contributed by atoms with Crippen LogP contribution in [0.2, 0.25) is 0 Å². The molecule has 6 heteroatoms. The van der Waals surface area contributed by atoms with E-state index < -0.39 is 0 Å². The van der Waals surface area contributed by atoms with Crippen LogP contribution >= 0.6 is 0 Å². The Balaban J connectivity index is 1.71. The Morgan fingerprint density at radius 2 is 2.17 bits per heavy atom. The molecule has 3 heterocycles. The Labute approximate surface area is 133 Å². The quantitative estimate of drug-likeness (QED) is 0.570. The normalized spacial score (nSPS) is 15.6. The lowest BCUT2D eigenvalue weighted by atomic mass is 10.1. The van der Waals surface area contributed by atoms with E-state index in [1.807, 2.05) is 54.2 Å². The Morgan fingerprint density at radius 3 is 3.04 bits per heavy atom. The lowest BCUT2D eigenvalue weighted by Crippen LogP contribution is -2.27. The van der Waals surface area contributed by atoms with Gasteiger partial charge in [-0.25, -0.2) is 11.0 Å². The van der Waals surface area contributed by atoms with Gasteiger partial charge in [-0.05, 0) is 48.3 Å². The lowest BCUT2D eigenvalue weighted by Gasteiger charge is -2.18. The highest BCUT2D eigenvalue weighted by Gasteiger charge is 2.30. The Bertz CT molecular complexity index is 947. The van der Waals surface area contributed by atoms with Gasteiger partial charge in [0.25, 0.3) is 0 Å². The maximum atomic E-state index is 7.14. The number of fused-ring (bicyclic) bond motifs is 2. The van der Waals surface area contributed by atoms with Crippen molar-refractivity contribution in [3.63, 3.8) is 0 Å². The van der Waals surface area contributed by atoms with E-state index in [-0.39, 0.29) is 6.04 Å². The summed E-state index contributed by atoms with van der Waals surface area (Å²) in [6, 6.07) is 13.7. The first-order chi connectivity index (χ1) is 11.2. The lowest BCUT2D eigenvalue weighted by molar-refractivity contribution is -0.426. The third-order valence-electron chi connectivity index (χ3n) is 3.89. The first-order valence-corrected chi connectivity index (χ1v) is 7.37. The van der Waals surface area contributed by atoms with Crippen molar-refractivity contribution in [2.75, 3.05) is 5.43 Å². The highest BCUT2D eigenvalue weighted by Crippen LogP contribution is 2.32. The van der Waals surface area contributed by atoms with E-state index in [2.05, 4.69) is 26.6 Å². The van der Waals surface area contributed by atoms with E-state index in [1.54, 1.807) is 6.20 Å². The zero-order chi connectivity index (χ0) is 15.8. The van der Waals surface area contributed by atoms with Crippen LogP contribution in [-0.4, -0.2) is 20.9 Å². The molecule has 0 amide bonds. The zero-order valence-electron chi connectivity index (χ0n) is 12.6. The smallest absolute Gasteiger partial charge is 0.256 e. The van der Waals surface area contributed by atoms with Crippen molar-refractivity contribution in [2.45, 2.75) is 13.0 Å². The van der Waals surface area contributed by atoms with Crippen LogP contribution in [0.15, 0.2) is 53.8 Å². The maximum absolute atomic E-state index is 7.14. The molecule has 112 valence electrons. The van der Waals surface area contributed by atoms with Gasteiger partial charge in [-0.2, -0.15) is 5.11 Å². The number of hydrogen-bond donors (Lipinski definition) is 2. The predicted molar refractivity (Wildman–Crippen MR) is 88.3 cm³/mol. The highest BCUT2D eigenvalue weighted by molar-refractivity contribution is 5.88. The van der Waals surface area contributed by atoms with E-state index in [0.29, 0.717) is 0 Å². The van der Waals surface area contributed by atoms with Crippen molar-refractivity contribution >= 4 is 28.6 Å². The van der Waals surface area contributed by atoms with E-state index in [1.165, 1.54) is 0 Å². The second-order valence-electron chi connectivity index (χ2n) is 5.48. The molecule has 3 aromatic rings. The molecule has 4 rings (SSSR count). The first-order valence-electron chi connectivity index (χ1n) is 7.37. The second-order valence-corrected chi connectivity index (χ2v) is 5.48. The van der Waals surface area contributed by atoms with Crippen LogP contribution in [0.1, 0.15) is 24.2 Å². The molecule has 2 aromatic heterocycles. The fourth-order valence-corrected chi connectivity index (χ4v) is 2.58. The number of nitrogens with one attached hydrogen (secondary N) is 2. The van der Waals surface area contributed by atoms with E-state index in [4.69, 9.17) is 5.53 Å². The molecule has 23 heavy (non-hydrogen) atoms. The van der Waals surface area contributed by atoms with Crippen molar-refractivity contribution < 1.29 is 4.68 Å². The minimum absolute atomic E-state index is 0.227.